The number of rotatable bonds is 4. The lowest BCUT2D eigenvalue weighted by atomic mass is 10.1. The molecule has 1 amide bonds. The van der Waals surface area contributed by atoms with Crippen molar-refractivity contribution < 1.29 is 23.2 Å². The Morgan fingerprint density at radius 2 is 1.92 bits per heavy atom. The highest BCUT2D eigenvalue weighted by Gasteiger charge is 2.16. The van der Waals surface area contributed by atoms with E-state index in [1.807, 2.05) is 18.2 Å². The minimum absolute atomic E-state index is 0.205. The predicted molar refractivity (Wildman–Crippen MR) is 92.3 cm³/mol. The number of carbonyl (C=O) groups is 1. The van der Waals surface area contributed by atoms with E-state index in [1.54, 1.807) is 26.0 Å². The summed E-state index contributed by atoms with van der Waals surface area (Å²) in [5, 5.41) is 6.83. The number of nitrogens with one attached hydrogen (secondary N) is 1. The van der Waals surface area contributed by atoms with Crippen molar-refractivity contribution in [1.29, 1.82) is 0 Å². The third-order valence-corrected chi connectivity index (χ3v) is 4.10. The van der Waals surface area contributed by atoms with Gasteiger partial charge in [-0.1, -0.05) is 5.16 Å². The number of aromatic nitrogens is 1. The van der Waals surface area contributed by atoms with Gasteiger partial charge in [-0.2, -0.15) is 0 Å². The molecule has 26 heavy (non-hydrogen) atoms. The number of hydrogen-bond donors (Lipinski definition) is 1. The van der Waals surface area contributed by atoms with Crippen molar-refractivity contribution in [2.45, 2.75) is 20.4 Å². The molecule has 0 saturated carbocycles. The number of furan rings is 1. The van der Waals surface area contributed by atoms with Crippen molar-refractivity contribution in [3.05, 3.63) is 53.1 Å². The smallest absolute Gasteiger partial charge is 0.255 e. The summed E-state index contributed by atoms with van der Waals surface area (Å²) in [7, 11) is 0. The molecule has 2 aromatic heterocycles. The van der Waals surface area contributed by atoms with Gasteiger partial charge < -0.3 is 23.7 Å². The highest BCUT2D eigenvalue weighted by molar-refractivity contribution is 5.95. The second-order valence-corrected chi connectivity index (χ2v) is 6.05. The van der Waals surface area contributed by atoms with Gasteiger partial charge in [-0.3, -0.25) is 4.79 Å². The van der Waals surface area contributed by atoms with E-state index in [1.165, 1.54) is 0 Å². The standard InChI is InChI=1S/C19H18N2O5/c1-11-7-15(12(2)25-11)19(22)20-10-14-9-17(26-21-14)13-3-4-16-18(8-13)24-6-5-23-16/h3-4,7-9H,5-6,10H2,1-2H3,(H,20,22). The number of benzene rings is 1. The zero-order valence-corrected chi connectivity index (χ0v) is 14.5. The molecular weight excluding hydrogens is 336 g/mol. The molecule has 0 spiro atoms. The van der Waals surface area contributed by atoms with Crippen LogP contribution in [-0.4, -0.2) is 24.3 Å². The zero-order chi connectivity index (χ0) is 18.1. The van der Waals surface area contributed by atoms with Crippen LogP contribution in [0.5, 0.6) is 11.5 Å². The van der Waals surface area contributed by atoms with Gasteiger partial charge in [-0.15, -0.1) is 0 Å². The Kier molecular flexibility index (Phi) is 4.12. The normalized spacial score (nSPS) is 12.8. The third-order valence-electron chi connectivity index (χ3n) is 4.10. The molecule has 1 N–H and O–H groups in total. The molecule has 1 aliphatic rings. The van der Waals surface area contributed by atoms with Crippen LogP contribution in [0.2, 0.25) is 0 Å². The molecule has 3 heterocycles. The largest absolute Gasteiger partial charge is 0.486 e. The number of ether oxygens (including phenoxy) is 2. The number of hydrogen-bond acceptors (Lipinski definition) is 6. The van der Waals surface area contributed by atoms with Gasteiger partial charge in [0.25, 0.3) is 5.91 Å². The summed E-state index contributed by atoms with van der Waals surface area (Å²) < 4.78 is 21.9. The summed E-state index contributed by atoms with van der Waals surface area (Å²) in [4.78, 5) is 12.2. The molecule has 0 atom stereocenters. The minimum Gasteiger partial charge on any atom is -0.486 e. The Bertz CT molecular complexity index is 957. The van der Waals surface area contributed by atoms with Crippen molar-refractivity contribution in [3.8, 4) is 22.8 Å². The van der Waals surface area contributed by atoms with Crippen LogP contribution in [0, 0.1) is 13.8 Å². The van der Waals surface area contributed by atoms with Crippen LogP contribution in [0.3, 0.4) is 0 Å². The first-order valence-corrected chi connectivity index (χ1v) is 8.31. The van der Waals surface area contributed by atoms with Crippen LogP contribution in [0.25, 0.3) is 11.3 Å². The Balaban J connectivity index is 1.45. The molecule has 7 heteroatoms. The second-order valence-electron chi connectivity index (χ2n) is 6.05. The van der Waals surface area contributed by atoms with Gasteiger partial charge in [0.1, 0.15) is 30.4 Å². The van der Waals surface area contributed by atoms with Crippen LogP contribution in [0.15, 0.2) is 39.3 Å². The lowest BCUT2D eigenvalue weighted by Gasteiger charge is -2.18. The summed E-state index contributed by atoms with van der Waals surface area (Å²) in [6.07, 6.45) is 0. The topological polar surface area (TPSA) is 86.7 Å². The highest BCUT2D eigenvalue weighted by atomic mass is 16.6. The van der Waals surface area contributed by atoms with Gasteiger partial charge >= 0.3 is 0 Å². The van der Waals surface area contributed by atoms with E-state index < -0.39 is 0 Å². The van der Waals surface area contributed by atoms with Gasteiger partial charge in [0.2, 0.25) is 0 Å². The molecule has 0 bridgehead atoms. The van der Waals surface area contributed by atoms with Gasteiger partial charge in [-0.05, 0) is 38.1 Å². The quantitative estimate of drug-likeness (QED) is 0.774. The SMILES string of the molecule is Cc1cc(C(=O)NCc2cc(-c3ccc4c(c3)OCCO4)on2)c(C)o1. The van der Waals surface area contributed by atoms with Crippen molar-refractivity contribution >= 4 is 5.91 Å². The van der Waals surface area contributed by atoms with Gasteiger partial charge in [0.05, 0.1) is 12.1 Å². The molecule has 134 valence electrons. The van der Waals surface area contributed by atoms with E-state index in [4.69, 9.17) is 18.4 Å². The Morgan fingerprint density at radius 1 is 1.12 bits per heavy atom. The van der Waals surface area contributed by atoms with E-state index in [0.29, 0.717) is 47.5 Å². The first-order chi connectivity index (χ1) is 12.6. The van der Waals surface area contributed by atoms with Crippen LogP contribution in [0.4, 0.5) is 0 Å². The maximum Gasteiger partial charge on any atom is 0.255 e. The fourth-order valence-corrected chi connectivity index (χ4v) is 2.85. The van der Waals surface area contributed by atoms with Crippen molar-refractivity contribution in [2.75, 3.05) is 13.2 Å². The van der Waals surface area contributed by atoms with Gasteiger partial charge in [0, 0.05) is 11.6 Å². The van der Waals surface area contributed by atoms with Crippen LogP contribution < -0.4 is 14.8 Å². The van der Waals surface area contributed by atoms with E-state index in [0.717, 1.165) is 11.3 Å². The number of amides is 1. The number of nitrogens with zero attached hydrogens (tertiary/aromatic N) is 1. The monoisotopic (exact) mass is 354 g/mol. The average molecular weight is 354 g/mol. The van der Waals surface area contributed by atoms with E-state index in [-0.39, 0.29) is 12.5 Å². The van der Waals surface area contributed by atoms with Crippen molar-refractivity contribution in [1.82, 2.24) is 10.5 Å². The van der Waals surface area contributed by atoms with Crippen molar-refractivity contribution in [3.63, 3.8) is 0 Å². The van der Waals surface area contributed by atoms with Crippen LogP contribution in [-0.2, 0) is 6.54 Å². The van der Waals surface area contributed by atoms with Crippen LogP contribution >= 0.6 is 0 Å². The third kappa shape index (κ3) is 3.15. The molecule has 1 aromatic carbocycles. The van der Waals surface area contributed by atoms with Gasteiger partial charge in [-0.25, -0.2) is 0 Å². The lowest BCUT2D eigenvalue weighted by Crippen LogP contribution is -2.23. The molecule has 0 saturated heterocycles. The molecule has 1 aliphatic heterocycles. The summed E-state index contributed by atoms with van der Waals surface area (Å²) in [5.74, 6) is 3.10. The Morgan fingerprint density at radius 3 is 2.69 bits per heavy atom. The van der Waals surface area contributed by atoms with Gasteiger partial charge in [0.15, 0.2) is 17.3 Å². The molecule has 0 unspecified atom stereocenters. The van der Waals surface area contributed by atoms with Crippen molar-refractivity contribution in [2.24, 2.45) is 0 Å². The summed E-state index contributed by atoms with van der Waals surface area (Å²) in [6, 6.07) is 9.09. The predicted octanol–water partition coefficient (Wildman–Crippen LogP) is 3.25. The maximum atomic E-state index is 12.2. The highest BCUT2D eigenvalue weighted by Crippen LogP contribution is 2.34. The molecule has 7 nitrogen and oxygen atoms in total. The second kappa shape index (κ2) is 6.59. The molecule has 3 aromatic rings. The fraction of sp³-hybridized carbons (Fsp3) is 0.263. The fourth-order valence-electron chi connectivity index (χ4n) is 2.85. The zero-order valence-electron chi connectivity index (χ0n) is 14.5. The number of aryl methyl sites for hydroxylation is 2. The lowest BCUT2D eigenvalue weighted by molar-refractivity contribution is 0.0948. The minimum atomic E-state index is -0.205. The average Bonchev–Trinajstić information content (AvgIpc) is 3.25. The van der Waals surface area contributed by atoms with E-state index >= 15 is 0 Å². The maximum absolute atomic E-state index is 12.2. The summed E-state index contributed by atoms with van der Waals surface area (Å²) >= 11 is 0. The molecule has 0 fully saturated rings. The Hall–Kier alpha value is -3.22. The first kappa shape index (κ1) is 16.3. The number of carbonyl (C=O) groups excluding carboxylic acids is 1. The first-order valence-electron chi connectivity index (χ1n) is 8.31. The van der Waals surface area contributed by atoms with E-state index in [2.05, 4.69) is 10.5 Å². The molecule has 0 radical (unpaired) electrons. The summed E-state index contributed by atoms with van der Waals surface area (Å²) in [6.45, 7) is 4.90. The molecular formula is C19H18N2O5. The molecule has 4 rings (SSSR count). The van der Waals surface area contributed by atoms with E-state index in [9.17, 15) is 4.79 Å². The Labute approximate surface area is 149 Å². The molecule has 0 aliphatic carbocycles. The number of fused-ring (bicyclic) bond motifs is 1. The van der Waals surface area contributed by atoms with Crippen LogP contribution in [0.1, 0.15) is 27.6 Å². The summed E-state index contributed by atoms with van der Waals surface area (Å²) in [5.41, 5.74) is 1.99.